The highest BCUT2D eigenvalue weighted by Gasteiger charge is 2.17. The summed E-state index contributed by atoms with van der Waals surface area (Å²) in [4.78, 5) is 21.6. The van der Waals surface area contributed by atoms with Crippen molar-refractivity contribution in [1.29, 1.82) is 0 Å². The number of carbonyl (C=O) groups excluding carboxylic acids is 1. The van der Waals surface area contributed by atoms with Gasteiger partial charge in [0.1, 0.15) is 5.69 Å². The van der Waals surface area contributed by atoms with E-state index in [9.17, 15) is 4.79 Å². The van der Waals surface area contributed by atoms with Crippen molar-refractivity contribution < 1.29 is 13.6 Å². The van der Waals surface area contributed by atoms with Crippen LogP contribution in [-0.2, 0) is 0 Å². The zero-order valence-electron chi connectivity index (χ0n) is 13.2. The molecule has 1 aromatic carbocycles. The molecule has 0 aliphatic carbocycles. The maximum Gasteiger partial charge on any atom is 0.275 e. The van der Waals surface area contributed by atoms with Gasteiger partial charge >= 0.3 is 0 Å². The number of anilines is 1. The Morgan fingerprint density at radius 2 is 1.96 bits per heavy atom. The predicted octanol–water partition coefficient (Wildman–Crippen LogP) is 4.62. The second-order valence-electron chi connectivity index (χ2n) is 5.30. The lowest BCUT2D eigenvalue weighted by molar-refractivity contribution is 0.102. The molecule has 0 saturated carbocycles. The fraction of sp³-hybridized carbons (Fsp3) is 0.0556. The van der Waals surface area contributed by atoms with E-state index in [2.05, 4.69) is 15.3 Å². The van der Waals surface area contributed by atoms with Crippen LogP contribution in [0.25, 0.3) is 22.1 Å². The van der Waals surface area contributed by atoms with Crippen molar-refractivity contribution in [2.24, 2.45) is 0 Å². The molecule has 3 heterocycles. The lowest BCUT2D eigenvalue weighted by Gasteiger charge is -2.04. The van der Waals surface area contributed by atoms with E-state index >= 15 is 0 Å². The number of nitrogens with zero attached hydrogens (tertiary/aromatic N) is 2. The standard InChI is InChI=1S/C18H13N3O3S/c1-11-16(21-18(25-11)14-3-2-8-23-14)17(22)20-13-6-4-12(5-7-13)15-9-19-10-24-15/h2-10H,1H3,(H,20,22). The first-order chi connectivity index (χ1) is 12.2. The molecule has 0 radical (unpaired) electrons. The highest BCUT2D eigenvalue weighted by molar-refractivity contribution is 7.15. The summed E-state index contributed by atoms with van der Waals surface area (Å²) in [5, 5.41) is 3.55. The molecular weight excluding hydrogens is 338 g/mol. The smallest absolute Gasteiger partial charge is 0.275 e. The van der Waals surface area contributed by atoms with Crippen LogP contribution in [-0.4, -0.2) is 15.9 Å². The molecule has 25 heavy (non-hydrogen) atoms. The maximum absolute atomic E-state index is 12.5. The third-order valence-electron chi connectivity index (χ3n) is 3.60. The van der Waals surface area contributed by atoms with Crippen molar-refractivity contribution in [3.05, 3.63) is 65.8 Å². The van der Waals surface area contributed by atoms with E-state index in [1.54, 1.807) is 18.5 Å². The van der Waals surface area contributed by atoms with Crippen molar-refractivity contribution in [3.63, 3.8) is 0 Å². The minimum absolute atomic E-state index is 0.251. The van der Waals surface area contributed by atoms with Gasteiger partial charge in [0, 0.05) is 16.1 Å². The van der Waals surface area contributed by atoms with Gasteiger partial charge in [-0.25, -0.2) is 9.97 Å². The number of aryl methyl sites for hydroxylation is 1. The topological polar surface area (TPSA) is 81.2 Å². The summed E-state index contributed by atoms with van der Waals surface area (Å²) in [7, 11) is 0. The molecule has 0 atom stereocenters. The van der Waals surface area contributed by atoms with Crippen LogP contribution in [0, 0.1) is 6.92 Å². The van der Waals surface area contributed by atoms with E-state index in [4.69, 9.17) is 8.83 Å². The molecule has 0 fully saturated rings. The largest absolute Gasteiger partial charge is 0.462 e. The number of oxazole rings is 1. The van der Waals surface area contributed by atoms with Gasteiger partial charge in [0.05, 0.1) is 12.5 Å². The van der Waals surface area contributed by atoms with Crippen LogP contribution in [0.4, 0.5) is 5.69 Å². The molecule has 124 valence electrons. The Labute approximate surface area is 147 Å². The minimum atomic E-state index is -0.251. The number of hydrogen-bond donors (Lipinski definition) is 1. The van der Waals surface area contributed by atoms with Crippen LogP contribution >= 0.6 is 11.3 Å². The third kappa shape index (κ3) is 3.09. The van der Waals surface area contributed by atoms with Crippen molar-refractivity contribution in [2.75, 3.05) is 5.32 Å². The SMILES string of the molecule is Cc1sc(-c2ccco2)nc1C(=O)Nc1ccc(-c2cnco2)cc1. The van der Waals surface area contributed by atoms with Gasteiger partial charge in [0.2, 0.25) is 0 Å². The molecule has 0 aliphatic heterocycles. The van der Waals surface area contributed by atoms with Gasteiger partial charge < -0.3 is 14.2 Å². The Bertz CT molecular complexity index is 987. The number of carbonyl (C=O) groups is 1. The van der Waals surface area contributed by atoms with Crippen LogP contribution in [0.5, 0.6) is 0 Å². The molecule has 0 aliphatic rings. The highest BCUT2D eigenvalue weighted by Crippen LogP contribution is 2.28. The van der Waals surface area contributed by atoms with Crippen LogP contribution < -0.4 is 5.32 Å². The first-order valence-corrected chi connectivity index (χ1v) is 8.34. The average Bonchev–Trinajstić information content (AvgIpc) is 3.37. The van der Waals surface area contributed by atoms with Crippen molar-refractivity contribution in [1.82, 2.24) is 9.97 Å². The van der Waals surface area contributed by atoms with Crippen LogP contribution in [0.15, 0.2) is 64.1 Å². The van der Waals surface area contributed by atoms with Gasteiger partial charge in [-0.05, 0) is 43.3 Å². The number of benzene rings is 1. The zero-order valence-corrected chi connectivity index (χ0v) is 14.0. The summed E-state index contributed by atoms with van der Waals surface area (Å²) in [6.07, 6.45) is 4.61. The minimum Gasteiger partial charge on any atom is -0.462 e. The van der Waals surface area contributed by atoms with E-state index in [1.165, 1.54) is 17.7 Å². The van der Waals surface area contributed by atoms with Gasteiger partial charge in [-0.2, -0.15) is 0 Å². The van der Waals surface area contributed by atoms with Crippen molar-refractivity contribution in [3.8, 4) is 22.1 Å². The van der Waals surface area contributed by atoms with Gasteiger partial charge in [-0.1, -0.05) is 0 Å². The predicted molar refractivity (Wildman–Crippen MR) is 94.4 cm³/mol. The molecular formula is C18H13N3O3S. The number of aromatic nitrogens is 2. The maximum atomic E-state index is 12.5. The monoisotopic (exact) mass is 351 g/mol. The molecule has 4 rings (SSSR count). The molecule has 0 saturated heterocycles. The van der Waals surface area contributed by atoms with Crippen LogP contribution in [0.3, 0.4) is 0 Å². The molecule has 3 aromatic heterocycles. The lowest BCUT2D eigenvalue weighted by Crippen LogP contribution is -2.13. The first kappa shape index (κ1) is 15.3. The molecule has 1 N–H and O–H groups in total. The fourth-order valence-electron chi connectivity index (χ4n) is 2.38. The Kier molecular flexibility index (Phi) is 3.91. The number of thiazole rings is 1. The summed E-state index contributed by atoms with van der Waals surface area (Å²) in [6, 6.07) is 11.0. The normalized spacial score (nSPS) is 10.8. The quantitative estimate of drug-likeness (QED) is 0.580. The number of amides is 1. The Balaban J connectivity index is 1.52. The van der Waals surface area contributed by atoms with Gasteiger partial charge in [0.15, 0.2) is 22.9 Å². The molecule has 0 bridgehead atoms. The van der Waals surface area contributed by atoms with E-state index < -0.39 is 0 Å². The third-order valence-corrected chi connectivity index (χ3v) is 4.59. The molecule has 7 heteroatoms. The Morgan fingerprint density at radius 1 is 1.12 bits per heavy atom. The van der Waals surface area contributed by atoms with Crippen molar-refractivity contribution >= 4 is 22.9 Å². The molecule has 1 amide bonds. The zero-order chi connectivity index (χ0) is 17.2. The van der Waals surface area contributed by atoms with Gasteiger partial charge in [-0.3, -0.25) is 4.79 Å². The second-order valence-corrected chi connectivity index (χ2v) is 6.50. The summed E-state index contributed by atoms with van der Waals surface area (Å²) >= 11 is 1.43. The molecule has 0 unspecified atom stereocenters. The van der Waals surface area contributed by atoms with Crippen LogP contribution in [0.1, 0.15) is 15.4 Å². The summed E-state index contributed by atoms with van der Waals surface area (Å²) < 4.78 is 10.6. The molecule has 4 aromatic rings. The van der Waals surface area contributed by atoms with E-state index in [0.29, 0.717) is 27.9 Å². The summed E-state index contributed by atoms with van der Waals surface area (Å²) in [5.41, 5.74) is 1.97. The van der Waals surface area contributed by atoms with E-state index in [1.807, 2.05) is 37.3 Å². The average molecular weight is 351 g/mol. The molecule has 6 nitrogen and oxygen atoms in total. The first-order valence-electron chi connectivity index (χ1n) is 7.52. The molecule has 0 spiro atoms. The Morgan fingerprint density at radius 3 is 2.64 bits per heavy atom. The Hall–Kier alpha value is -3.19. The second kappa shape index (κ2) is 6.37. The van der Waals surface area contributed by atoms with E-state index in [0.717, 1.165) is 10.4 Å². The van der Waals surface area contributed by atoms with Gasteiger partial charge in [0.25, 0.3) is 5.91 Å². The number of nitrogens with one attached hydrogen (secondary N) is 1. The fourth-order valence-corrected chi connectivity index (χ4v) is 3.26. The summed E-state index contributed by atoms with van der Waals surface area (Å²) in [6.45, 7) is 1.87. The van der Waals surface area contributed by atoms with Crippen molar-refractivity contribution in [2.45, 2.75) is 6.92 Å². The highest BCUT2D eigenvalue weighted by atomic mass is 32.1. The number of hydrogen-bond acceptors (Lipinski definition) is 6. The number of rotatable bonds is 4. The number of furan rings is 1. The van der Waals surface area contributed by atoms with Gasteiger partial charge in [-0.15, -0.1) is 11.3 Å². The lowest BCUT2D eigenvalue weighted by atomic mass is 10.1. The van der Waals surface area contributed by atoms with Crippen LogP contribution in [0.2, 0.25) is 0 Å². The van der Waals surface area contributed by atoms with E-state index in [-0.39, 0.29) is 5.91 Å². The summed E-state index contributed by atoms with van der Waals surface area (Å²) in [5.74, 6) is 1.08.